The van der Waals surface area contributed by atoms with Gasteiger partial charge in [0.05, 0.1) is 0 Å². The van der Waals surface area contributed by atoms with E-state index in [0.29, 0.717) is 5.25 Å². The van der Waals surface area contributed by atoms with Crippen molar-refractivity contribution in [3.63, 3.8) is 0 Å². The molecule has 72 valence electrons. The molecule has 0 aromatic carbocycles. The number of tetrazole rings is 1. The number of nitrogens with one attached hydrogen (secondary N) is 1. The molecular weight excluding hydrogens is 186 g/mol. The number of thioether (sulfide) groups is 1. The van der Waals surface area contributed by atoms with Crippen molar-refractivity contribution in [1.82, 2.24) is 25.5 Å². The van der Waals surface area contributed by atoms with Gasteiger partial charge in [0.25, 0.3) is 0 Å². The summed E-state index contributed by atoms with van der Waals surface area (Å²) in [5.74, 6) is 0. The molecule has 0 aliphatic carbocycles. The Morgan fingerprint density at radius 2 is 2.23 bits per heavy atom. The SMILES string of the molecule is Cn1nnnc1SC1CCNCC1. The second-order valence-electron chi connectivity index (χ2n) is 3.15. The Bertz CT molecular complexity index is 268. The number of aromatic nitrogens is 4. The van der Waals surface area contributed by atoms with E-state index >= 15 is 0 Å². The minimum atomic E-state index is 0.672. The normalized spacial score (nSPS) is 19.2. The van der Waals surface area contributed by atoms with E-state index in [-0.39, 0.29) is 0 Å². The number of hydrogen-bond donors (Lipinski definition) is 1. The summed E-state index contributed by atoms with van der Waals surface area (Å²) >= 11 is 1.78. The molecule has 0 radical (unpaired) electrons. The molecular formula is C7H13N5S. The summed E-state index contributed by atoms with van der Waals surface area (Å²) in [4.78, 5) is 0. The second-order valence-corrected chi connectivity index (χ2v) is 4.42. The van der Waals surface area contributed by atoms with Crippen LogP contribution in [-0.4, -0.2) is 38.5 Å². The van der Waals surface area contributed by atoms with Gasteiger partial charge in [0.2, 0.25) is 5.16 Å². The Hall–Kier alpha value is -0.620. The predicted octanol–water partition coefficient (Wildman–Crippen LogP) is 0.0542. The van der Waals surface area contributed by atoms with E-state index < -0.39 is 0 Å². The van der Waals surface area contributed by atoms with Gasteiger partial charge in [-0.2, -0.15) is 0 Å². The minimum Gasteiger partial charge on any atom is -0.317 e. The van der Waals surface area contributed by atoms with Gasteiger partial charge in [-0.15, -0.1) is 5.10 Å². The number of nitrogens with zero attached hydrogens (tertiary/aromatic N) is 4. The van der Waals surface area contributed by atoms with Crippen LogP contribution in [0.2, 0.25) is 0 Å². The summed E-state index contributed by atoms with van der Waals surface area (Å²) in [5.41, 5.74) is 0. The molecule has 0 bridgehead atoms. The molecule has 2 rings (SSSR count). The van der Waals surface area contributed by atoms with E-state index in [0.717, 1.165) is 18.2 Å². The highest BCUT2D eigenvalue weighted by Gasteiger charge is 2.16. The lowest BCUT2D eigenvalue weighted by atomic mass is 10.2. The number of hydrogen-bond acceptors (Lipinski definition) is 5. The smallest absolute Gasteiger partial charge is 0.209 e. The van der Waals surface area contributed by atoms with E-state index in [1.807, 2.05) is 7.05 Å². The molecule has 1 N–H and O–H groups in total. The number of aryl methyl sites for hydroxylation is 1. The van der Waals surface area contributed by atoms with E-state index in [1.165, 1.54) is 12.8 Å². The van der Waals surface area contributed by atoms with Crippen LogP contribution >= 0.6 is 11.8 Å². The van der Waals surface area contributed by atoms with Crippen molar-refractivity contribution in [3.05, 3.63) is 0 Å². The molecule has 1 aromatic heterocycles. The molecule has 13 heavy (non-hydrogen) atoms. The van der Waals surface area contributed by atoms with Gasteiger partial charge in [-0.25, -0.2) is 4.68 Å². The monoisotopic (exact) mass is 199 g/mol. The van der Waals surface area contributed by atoms with E-state index in [1.54, 1.807) is 16.4 Å². The highest BCUT2D eigenvalue weighted by Crippen LogP contribution is 2.25. The van der Waals surface area contributed by atoms with Gasteiger partial charge in [-0.1, -0.05) is 11.8 Å². The zero-order valence-corrected chi connectivity index (χ0v) is 8.42. The zero-order valence-electron chi connectivity index (χ0n) is 7.60. The molecule has 5 nitrogen and oxygen atoms in total. The maximum atomic E-state index is 3.95. The lowest BCUT2D eigenvalue weighted by Gasteiger charge is -2.20. The fraction of sp³-hybridized carbons (Fsp3) is 0.857. The average Bonchev–Trinajstić information content (AvgIpc) is 2.54. The van der Waals surface area contributed by atoms with Crippen molar-refractivity contribution in [2.24, 2.45) is 7.05 Å². The Kier molecular flexibility index (Phi) is 2.80. The Morgan fingerprint density at radius 3 is 2.85 bits per heavy atom. The molecule has 1 aliphatic heterocycles. The topological polar surface area (TPSA) is 55.6 Å². The van der Waals surface area contributed by atoms with E-state index in [2.05, 4.69) is 20.8 Å². The highest BCUT2D eigenvalue weighted by molar-refractivity contribution is 7.99. The van der Waals surface area contributed by atoms with Crippen LogP contribution in [0.1, 0.15) is 12.8 Å². The minimum absolute atomic E-state index is 0.672. The summed E-state index contributed by atoms with van der Waals surface area (Å²) in [7, 11) is 1.88. The first-order valence-electron chi connectivity index (χ1n) is 4.46. The second kappa shape index (κ2) is 4.06. The Morgan fingerprint density at radius 1 is 1.46 bits per heavy atom. The van der Waals surface area contributed by atoms with Crippen LogP contribution in [0.15, 0.2) is 5.16 Å². The molecule has 6 heteroatoms. The zero-order chi connectivity index (χ0) is 9.10. The first-order valence-corrected chi connectivity index (χ1v) is 5.34. The lowest BCUT2D eigenvalue weighted by molar-refractivity contribution is 0.529. The van der Waals surface area contributed by atoms with E-state index in [4.69, 9.17) is 0 Å². The van der Waals surface area contributed by atoms with Gasteiger partial charge < -0.3 is 5.32 Å². The molecule has 0 unspecified atom stereocenters. The average molecular weight is 199 g/mol. The van der Waals surface area contributed by atoms with Gasteiger partial charge in [0, 0.05) is 12.3 Å². The van der Waals surface area contributed by atoms with Gasteiger partial charge in [-0.3, -0.25) is 0 Å². The van der Waals surface area contributed by atoms with Crippen LogP contribution in [0.5, 0.6) is 0 Å². The van der Waals surface area contributed by atoms with E-state index in [9.17, 15) is 0 Å². The Labute approximate surface area is 81.3 Å². The van der Waals surface area contributed by atoms with Crippen molar-refractivity contribution in [3.8, 4) is 0 Å². The van der Waals surface area contributed by atoms with Crippen LogP contribution < -0.4 is 5.32 Å². The Balaban J connectivity index is 1.93. The summed E-state index contributed by atoms with van der Waals surface area (Å²) < 4.78 is 1.73. The third kappa shape index (κ3) is 2.19. The van der Waals surface area contributed by atoms with Crippen LogP contribution in [-0.2, 0) is 7.05 Å². The molecule has 0 spiro atoms. The van der Waals surface area contributed by atoms with Crippen molar-refractivity contribution in [1.29, 1.82) is 0 Å². The first kappa shape index (κ1) is 8.96. The van der Waals surface area contributed by atoms with Crippen molar-refractivity contribution >= 4 is 11.8 Å². The van der Waals surface area contributed by atoms with Crippen LogP contribution in [0.4, 0.5) is 0 Å². The largest absolute Gasteiger partial charge is 0.317 e. The number of piperidine rings is 1. The third-order valence-corrected chi connectivity index (χ3v) is 3.50. The van der Waals surface area contributed by atoms with Gasteiger partial charge in [0.15, 0.2) is 0 Å². The molecule has 0 amide bonds. The maximum Gasteiger partial charge on any atom is 0.209 e. The molecule has 2 heterocycles. The maximum absolute atomic E-state index is 3.95. The van der Waals surface area contributed by atoms with Crippen molar-refractivity contribution in [2.75, 3.05) is 13.1 Å². The molecule has 0 saturated carbocycles. The molecule has 1 fully saturated rings. The molecule has 1 aromatic rings. The predicted molar refractivity (Wildman–Crippen MR) is 50.5 cm³/mol. The summed E-state index contributed by atoms with van der Waals surface area (Å²) in [6.45, 7) is 2.23. The number of rotatable bonds is 2. The van der Waals surface area contributed by atoms with Crippen LogP contribution in [0, 0.1) is 0 Å². The highest BCUT2D eigenvalue weighted by atomic mass is 32.2. The van der Waals surface area contributed by atoms with Crippen molar-refractivity contribution < 1.29 is 0 Å². The fourth-order valence-electron chi connectivity index (χ4n) is 1.38. The van der Waals surface area contributed by atoms with Crippen molar-refractivity contribution in [2.45, 2.75) is 23.2 Å². The third-order valence-electron chi connectivity index (χ3n) is 2.14. The summed E-state index contributed by atoms with van der Waals surface area (Å²) in [6, 6.07) is 0. The van der Waals surface area contributed by atoms with Gasteiger partial charge >= 0.3 is 0 Å². The molecule has 1 aliphatic rings. The summed E-state index contributed by atoms with van der Waals surface area (Å²) in [5, 5.41) is 16.3. The summed E-state index contributed by atoms with van der Waals surface area (Å²) in [6.07, 6.45) is 2.41. The quantitative estimate of drug-likeness (QED) is 0.729. The first-order chi connectivity index (χ1) is 6.36. The fourth-order valence-corrected chi connectivity index (χ4v) is 2.43. The van der Waals surface area contributed by atoms with Crippen LogP contribution in [0.25, 0.3) is 0 Å². The standard InChI is InChI=1S/C7H13N5S/c1-12-7(9-10-11-12)13-6-2-4-8-5-3-6/h6,8H,2-5H2,1H3. The molecule has 0 atom stereocenters. The molecule has 1 saturated heterocycles. The van der Waals surface area contributed by atoms with Crippen LogP contribution in [0.3, 0.4) is 0 Å². The lowest BCUT2D eigenvalue weighted by Crippen LogP contribution is -2.29. The van der Waals surface area contributed by atoms with Gasteiger partial charge in [-0.05, 0) is 36.4 Å². The van der Waals surface area contributed by atoms with Gasteiger partial charge in [0.1, 0.15) is 0 Å².